The highest BCUT2D eigenvalue weighted by molar-refractivity contribution is 5.81. The van der Waals surface area contributed by atoms with Crippen LogP contribution in [0.2, 0.25) is 0 Å². The van der Waals surface area contributed by atoms with E-state index in [1.165, 1.54) is 0 Å². The first-order valence-electron chi connectivity index (χ1n) is 8.43. The minimum atomic E-state index is -0.180. The Kier molecular flexibility index (Phi) is 8.51. The van der Waals surface area contributed by atoms with Gasteiger partial charge in [-0.15, -0.1) is 0 Å². The Hall–Kier alpha value is -1.18. The molecule has 1 rings (SSSR count). The molecule has 1 aliphatic rings. The first-order chi connectivity index (χ1) is 10.9. The fourth-order valence-corrected chi connectivity index (χ4v) is 2.58. The van der Waals surface area contributed by atoms with Gasteiger partial charge in [0.25, 0.3) is 0 Å². The molecular weight excluding hydrogens is 296 g/mol. The molecule has 2 amide bonds. The molecule has 0 bridgehead atoms. The third kappa shape index (κ3) is 6.08. The third-order valence-electron chi connectivity index (χ3n) is 4.56. The second-order valence-corrected chi connectivity index (χ2v) is 6.32. The van der Waals surface area contributed by atoms with Gasteiger partial charge in [-0.25, -0.2) is 0 Å². The maximum Gasteiger partial charge on any atom is 0.237 e. The number of amides is 2. The second-order valence-electron chi connectivity index (χ2n) is 6.32. The molecule has 3 N–H and O–H groups in total. The lowest BCUT2D eigenvalue weighted by atomic mass is 10.0. The largest absolute Gasteiger partial charge is 0.385 e. The summed E-state index contributed by atoms with van der Waals surface area (Å²) < 4.78 is 4.96. The first kappa shape index (κ1) is 19.9. The van der Waals surface area contributed by atoms with Crippen molar-refractivity contribution in [1.29, 1.82) is 0 Å². The van der Waals surface area contributed by atoms with Crippen LogP contribution in [0.15, 0.2) is 0 Å². The van der Waals surface area contributed by atoms with Gasteiger partial charge in [0.15, 0.2) is 0 Å². The van der Waals surface area contributed by atoms with Crippen molar-refractivity contribution in [2.24, 2.45) is 11.7 Å². The van der Waals surface area contributed by atoms with Crippen molar-refractivity contribution in [1.82, 2.24) is 15.1 Å². The van der Waals surface area contributed by atoms with E-state index in [0.717, 1.165) is 6.42 Å². The molecule has 7 nitrogen and oxygen atoms in total. The van der Waals surface area contributed by atoms with E-state index in [0.29, 0.717) is 39.3 Å². The number of piperazine rings is 1. The zero-order valence-electron chi connectivity index (χ0n) is 14.9. The lowest BCUT2D eigenvalue weighted by molar-refractivity contribution is -0.138. The Bertz CT molecular complexity index is 382. The standard InChI is InChI=1S/C16H32N4O3/c1-12(13(2)17)16(22)20-9-7-19(8-10-20)14(3)15(21)18-6-5-11-23-4/h12-14H,5-11,17H2,1-4H3,(H,18,21). The molecule has 0 aromatic heterocycles. The minimum Gasteiger partial charge on any atom is -0.385 e. The normalized spacial score (nSPS) is 20.0. The molecule has 7 heteroatoms. The maximum absolute atomic E-state index is 12.3. The van der Waals surface area contributed by atoms with Crippen molar-refractivity contribution < 1.29 is 14.3 Å². The van der Waals surface area contributed by atoms with Crippen molar-refractivity contribution in [3.63, 3.8) is 0 Å². The fraction of sp³-hybridized carbons (Fsp3) is 0.875. The van der Waals surface area contributed by atoms with Gasteiger partial charge in [0.1, 0.15) is 0 Å². The Morgan fingerprint density at radius 3 is 2.30 bits per heavy atom. The Morgan fingerprint density at radius 1 is 1.17 bits per heavy atom. The van der Waals surface area contributed by atoms with Gasteiger partial charge in [0.2, 0.25) is 11.8 Å². The Balaban J connectivity index is 2.37. The molecule has 1 aliphatic heterocycles. The van der Waals surface area contributed by atoms with E-state index in [1.54, 1.807) is 7.11 Å². The summed E-state index contributed by atoms with van der Waals surface area (Å²) in [7, 11) is 1.65. The van der Waals surface area contributed by atoms with E-state index in [2.05, 4.69) is 10.2 Å². The van der Waals surface area contributed by atoms with Gasteiger partial charge in [0.05, 0.1) is 12.0 Å². The van der Waals surface area contributed by atoms with Crippen molar-refractivity contribution in [2.75, 3.05) is 46.4 Å². The number of rotatable bonds is 8. The number of nitrogens with zero attached hydrogens (tertiary/aromatic N) is 2. The van der Waals surface area contributed by atoms with Gasteiger partial charge in [-0.2, -0.15) is 0 Å². The average molecular weight is 328 g/mol. The van der Waals surface area contributed by atoms with Crippen LogP contribution in [-0.2, 0) is 14.3 Å². The molecular formula is C16H32N4O3. The molecule has 0 aliphatic carbocycles. The first-order valence-corrected chi connectivity index (χ1v) is 8.43. The van der Waals surface area contributed by atoms with Crippen LogP contribution >= 0.6 is 0 Å². The predicted molar refractivity (Wildman–Crippen MR) is 89.9 cm³/mol. The summed E-state index contributed by atoms with van der Waals surface area (Å²) in [4.78, 5) is 28.4. The van der Waals surface area contributed by atoms with Crippen LogP contribution in [0.25, 0.3) is 0 Å². The zero-order chi connectivity index (χ0) is 17.4. The van der Waals surface area contributed by atoms with Crippen LogP contribution in [0, 0.1) is 5.92 Å². The second kappa shape index (κ2) is 9.85. The number of carbonyl (C=O) groups excluding carboxylic acids is 2. The SMILES string of the molecule is COCCCNC(=O)C(C)N1CCN(C(=O)C(C)C(C)N)CC1. The minimum absolute atomic E-state index is 0.0322. The molecule has 134 valence electrons. The monoisotopic (exact) mass is 328 g/mol. The molecule has 3 unspecified atom stereocenters. The smallest absolute Gasteiger partial charge is 0.237 e. The van der Waals surface area contributed by atoms with E-state index >= 15 is 0 Å². The van der Waals surface area contributed by atoms with Gasteiger partial charge in [-0.1, -0.05) is 6.92 Å². The highest BCUT2D eigenvalue weighted by atomic mass is 16.5. The Labute approximate surface area is 139 Å². The summed E-state index contributed by atoms with van der Waals surface area (Å²) in [5.41, 5.74) is 5.81. The van der Waals surface area contributed by atoms with E-state index in [-0.39, 0.29) is 29.8 Å². The molecule has 0 radical (unpaired) electrons. The maximum atomic E-state index is 12.3. The van der Waals surface area contributed by atoms with E-state index < -0.39 is 0 Å². The van der Waals surface area contributed by atoms with Gasteiger partial charge in [0, 0.05) is 52.5 Å². The number of ether oxygens (including phenoxy) is 1. The summed E-state index contributed by atoms with van der Waals surface area (Å²) in [6.07, 6.45) is 0.812. The molecule has 1 fully saturated rings. The van der Waals surface area contributed by atoms with E-state index in [1.807, 2.05) is 25.7 Å². The fourth-order valence-electron chi connectivity index (χ4n) is 2.58. The number of methoxy groups -OCH3 is 1. The predicted octanol–water partition coefficient (Wildman–Crippen LogP) is -0.345. The van der Waals surface area contributed by atoms with Crippen molar-refractivity contribution in [3.05, 3.63) is 0 Å². The number of carbonyl (C=O) groups is 2. The van der Waals surface area contributed by atoms with Crippen molar-refractivity contribution in [3.8, 4) is 0 Å². The summed E-state index contributed by atoms with van der Waals surface area (Å²) in [5.74, 6) is -0.0239. The average Bonchev–Trinajstić information content (AvgIpc) is 2.56. The molecule has 0 aromatic carbocycles. The van der Waals surface area contributed by atoms with Gasteiger partial charge >= 0.3 is 0 Å². The van der Waals surface area contributed by atoms with Crippen LogP contribution in [-0.4, -0.2) is 80.1 Å². The van der Waals surface area contributed by atoms with Crippen molar-refractivity contribution in [2.45, 2.75) is 39.3 Å². The lowest BCUT2D eigenvalue weighted by Crippen LogP contribution is -2.56. The number of nitrogens with one attached hydrogen (secondary N) is 1. The Morgan fingerprint density at radius 2 is 1.78 bits per heavy atom. The van der Waals surface area contributed by atoms with Gasteiger partial charge < -0.3 is 20.7 Å². The van der Waals surface area contributed by atoms with Gasteiger partial charge in [-0.3, -0.25) is 14.5 Å². The van der Waals surface area contributed by atoms with Crippen LogP contribution in [0.5, 0.6) is 0 Å². The van der Waals surface area contributed by atoms with E-state index in [9.17, 15) is 9.59 Å². The summed E-state index contributed by atoms with van der Waals surface area (Å²) in [6, 6.07) is -0.321. The molecule has 0 saturated carbocycles. The molecule has 3 atom stereocenters. The lowest BCUT2D eigenvalue weighted by Gasteiger charge is -2.38. The summed E-state index contributed by atoms with van der Waals surface area (Å²) >= 11 is 0. The molecule has 1 heterocycles. The summed E-state index contributed by atoms with van der Waals surface area (Å²) in [6.45, 7) is 9.63. The zero-order valence-corrected chi connectivity index (χ0v) is 14.9. The summed E-state index contributed by atoms with van der Waals surface area (Å²) in [5, 5.41) is 2.92. The molecule has 0 spiro atoms. The van der Waals surface area contributed by atoms with Crippen LogP contribution < -0.4 is 11.1 Å². The molecule has 0 aromatic rings. The number of hydrogen-bond acceptors (Lipinski definition) is 5. The van der Waals surface area contributed by atoms with E-state index in [4.69, 9.17) is 10.5 Å². The van der Waals surface area contributed by atoms with Crippen LogP contribution in [0.1, 0.15) is 27.2 Å². The third-order valence-corrected chi connectivity index (χ3v) is 4.56. The van der Waals surface area contributed by atoms with Gasteiger partial charge in [-0.05, 0) is 20.3 Å². The highest BCUT2D eigenvalue weighted by Crippen LogP contribution is 2.11. The van der Waals surface area contributed by atoms with Crippen LogP contribution in [0.3, 0.4) is 0 Å². The van der Waals surface area contributed by atoms with Crippen molar-refractivity contribution >= 4 is 11.8 Å². The van der Waals surface area contributed by atoms with Crippen LogP contribution in [0.4, 0.5) is 0 Å². The number of hydrogen-bond donors (Lipinski definition) is 2. The molecule has 1 saturated heterocycles. The molecule has 23 heavy (non-hydrogen) atoms. The number of nitrogens with two attached hydrogens (primary N) is 1. The topological polar surface area (TPSA) is 87.9 Å². The highest BCUT2D eigenvalue weighted by Gasteiger charge is 2.29. The quantitative estimate of drug-likeness (QED) is 0.595.